The van der Waals surface area contributed by atoms with E-state index in [1.165, 1.54) is 12.1 Å². The van der Waals surface area contributed by atoms with Crippen molar-refractivity contribution in [2.45, 2.75) is 25.2 Å². The molecule has 0 bridgehead atoms. The first-order valence-electron chi connectivity index (χ1n) is 5.83. The maximum Gasteiger partial charge on any atom is 0.240 e. The van der Waals surface area contributed by atoms with Crippen LogP contribution in [0, 0.1) is 12.8 Å². The van der Waals surface area contributed by atoms with Crippen LogP contribution in [0.3, 0.4) is 0 Å². The molecule has 0 fully saturated rings. The molecule has 0 amide bonds. The Morgan fingerprint density at radius 3 is 2.67 bits per heavy atom. The zero-order chi connectivity index (χ0) is 13.8. The summed E-state index contributed by atoms with van der Waals surface area (Å²) < 4.78 is 26.5. The average Bonchev–Trinajstić information content (AvgIpc) is 2.30. The predicted octanol–water partition coefficient (Wildman–Crippen LogP) is 0.874. The van der Waals surface area contributed by atoms with Crippen LogP contribution < -0.4 is 10.5 Å². The monoisotopic (exact) mass is 272 g/mol. The lowest BCUT2D eigenvalue weighted by atomic mass is 10.1. The van der Waals surface area contributed by atoms with Gasteiger partial charge >= 0.3 is 0 Å². The van der Waals surface area contributed by atoms with Gasteiger partial charge in [-0.2, -0.15) is 0 Å². The van der Waals surface area contributed by atoms with Gasteiger partial charge in [0.1, 0.15) is 0 Å². The number of hydrogen-bond acceptors (Lipinski definition) is 4. The van der Waals surface area contributed by atoms with E-state index in [1.807, 2.05) is 13.8 Å². The quantitative estimate of drug-likeness (QED) is 0.670. The minimum atomic E-state index is -3.52. The van der Waals surface area contributed by atoms with Crippen LogP contribution in [0.2, 0.25) is 0 Å². The van der Waals surface area contributed by atoms with Gasteiger partial charge in [-0.05, 0) is 37.0 Å². The van der Waals surface area contributed by atoms with Crippen LogP contribution in [-0.4, -0.2) is 26.7 Å². The van der Waals surface area contributed by atoms with E-state index < -0.39 is 10.0 Å². The van der Waals surface area contributed by atoms with Gasteiger partial charge in [0, 0.05) is 18.8 Å². The summed E-state index contributed by atoms with van der Waals surface area (Å²) in [6, 6.07) is 4.67. The Morgan fingerprint density at radius 2 is 2.11 bits per heavy atom. The number of nitrogen functional groups attached to an aromatic ring is 1. The van der Waals surface area contributed by atoms with Crippen molar-refractivity contribution in [2.24, 2.45) is 5.92 Å². The number of aliphatic hydroxyl groups is 1. The molecule has 0 spiro atoms. The summed E-state index contributed by atoms with van der Waals surface area (Å²) in [7, 11) is -3.52. The third-order valence-corrected chi connectivity index (χ3v) is 4.23. The van der Waals surface area contributed by atoms with E-state index >= 15 is 0 Å². The molecule has 4 N–H and O–H groups in total. The Bertz CT molecular complexity index is 500. The fourth-order valence-electron chi connectivity index (χ4n) is 1.44. The highest BCUT2D eigenvalue weighted by atomic mass is 32.2. The molecule has 1 rings (SSSR count). The molecule has 1 atom stereocenters. The van der Waals surface area contributed by atoms with Crippen LogP contribution in [0.15, 0.2) is 23.1 Å². The number of aryl methyl sites for hydroxylation is 1. The van der Waals surface area contributed by atoms with Crippen molar-refractivity contribution in [3.8, 4) is 0 Å². The van der Waals surface area contributed by atoms with Gasteiger partial charge in [-0.25, -0.2) is 13.1 Å². The SMILES string of the molecule is Cc1ccc(S(=O)(=O)NCC(C)CCO)cc1N. The summed E-state index contributed by atoms with van der Waals surface area (Å²) in [6.45, 7) is 4.06. The predicted molar refractivity (Wildman–Crippen MR) is 71.6 cm³/mol. The van der Waals surface area contributed by atoms with Gasteiger partial charge in [-0.3, -0.25) is 0 Å². The average molecular weight is 272 g/mol. The van der Waals surface area contributed by atoms with Crippen molar-refractivity contribution in [2.75, 3.05) is 18.9 Å². The summed E-state index contributed by atoms with van der Waals surface area (Å²) >= 11 is 0. The molecule has 1 unspecified atom stereocenters. The summed E-state index contributed by atoms with van der Waals surface area (Å²) in [5, 5.41) is 8.76. The third kappa shape index (κ3) is 3.97. The van der Waals surface area contributed by atoms with Gasteiger partial charge in [0.05, 0.1) is 4.90 Å². The summed E-state index contributed by atoms with van der Waals surface area (Å²) in [5.41, 5.74) is 7.00. The van der Waals surface area contributed by atoms with E-state index in [4.69, 9.17) is 10.8 Å². The molecule has 6 heteroatoms. The lowest BCUT2D eigenvalue weighted by molar-refractivity contribution is 0.263. The molecule has 0 saturated heterocycles. The van der Waals surface area contributed by atoms with Crippen molar-refractivity contribution in [3.05, 3.63) is 23.8 Å². The standard InChI is InChI=1S/C12H20N2O3S/c1-9(5-6-15)8-14-18(16,17)11-4-3-10(2)12(13)7-11/h3-4,7,9,14-15H,5-6,8,13H2,1-2H3. The highest BCUT2D eigenvalue weighted by Crippen LogP contribution is 2.17. The summed E-state index contributed by atoms with van der Waals surface area (Å²) in [5.74, 6) is 0.0903. The molecule has 0 radical (unpaired) electrons. The fourth-order valence-corrected chi connectivity index (χ4v) is 2.64. The second-order valence-electron chi connectivity index (χ2n) is 4.49. The number of benzene rings is 1. The number of nitrogens with one attached hydrogen (secondary N) is 1. The number of aliphatic hydroxyl groups excluding tert-OH is 1. The van der Waals surface area contributed by atoms with Crippen molar-refractivity contribution < 1.29 is 13.5 Å². The maximum atomic E-state index is 12.0. The lowest BCUT2D eigenvalue weighted by Crippen LogP contribution is -2.28. The number of hydrogen-bond donors (Lipinski definition) is 3. The largest absolute Gasteiger partial charge is 0.398 e. The van der Waals surface area contributed by atoms with Gasteiger partial charge in [0.15, 0.2) is 0 Å². The molecule has 0 heterocycles. The second-order valence-corrected chi connectivity index (χ2v) is 6.25. The van der Waals surface area contributed by atoms with Gasteiger partial charge in [0.2, 0.25) is 10.0 Å². The van der Waals surface area contributed by atoms with Crippen LogP contribution in [0.5, 0.6) is 0 Å². The molecule has 0 aromatic heterocycles. The van der Waals surface area contributed by atoms with Gasteiger partial charge in [-0.15, -0.1) is 0 Å². The van der Waals surface area contributed by atoms with Crippen LogP contribution in [0.4, 0.5) is 5.69 Å². The zero-order valence-corrected chi connectivity index (χ0v) is 11.5. The van der Waals surface area contributed by atoms with Crippen LogP contribution >= 0.6 is 0 Å². The zero-order valence-electron chi connectivity index (χ0n) is 10.7. The smallest absolute Gasteiger partial charge is 0.240 e. The molecule has 0 saturated carbocycles. The Morgan fingerprint density at radius 1 is 1.44 bits per heavy atom. The number of nitrogens with two attached hydrogens (primary N) is 1. The van der Waals surface area contributed by atoms with Crippen LogP contribution in [0.1, 0.15) is 18.9 Å². The fraction of sp³-hybridized carbons (Fsp3) is 0.500. The summed E-state index contributed by atoms with van der Waals surface area (Å²) in [4.78, 5) is 0.168. The van der Waals surface area contributed by atoms with Crippen LogP contribution in [0.25, 0.3) is 0 Å². The first kappa shape index (κ1) is 14.9. The van der Waals surface area contributed by atoms with E-state index in [9.17, 15) is 8.42 Å². The first-order chi connectivity index (χ1) is 8.36. The molecule has 1 aromatic rings. The molecule has 1 aromatic carbocycles. The maximum absolute atomic E-state index is 12.0. The van der Waals surface area contributed by atoms with Gasteiger partial charge in [0.25, 0.3) is 0 Å². The van der Waals surface area contributed by atoms with E-state index in [0.29, 0.717) is 18.7 Å². The summed E-state index contributed by atoms with van der Waals surface area (Å²) in [6.07, 6.45) is 0.568. The van der Waals surface area contributed by atoms with E-state index in [2.05, 4.69) is 4.72 Å². The van der Waals surface area contributed by atoms with Crippen molar-refractivity contribution in [3.63, 3.8) is 0 Å². The number of rotatable bonds is 6. The first-order valence-corrected chi connectivity index (χ1v) is 7.32. The molecule has 0 aliphatic carbocycles. The van der Waals surface area contributed by atoms with Gasteiger partial charge in [-0.1, -0.05) is 13.0 Å². The van der Waals surface area contributed by atoms with Crippen LogP contribution in [-0.2, 0) is 10.0 Å². The van der Waals surface area contributed by atoms with Crippen molar-refractivity contribution in [1.82, 2.24) is 4.72 Å². The molecule has 0 aliphatic heterocycles. The highest BCUT2D eigenvalue weighted by Gasteiger charge is 2.15. The number of anilines is 1. The number of sulfonamides is 1. The third-order valence-electron chi connectivity index (χ3n) is 2.80. The van der Waals surface area contributed by atoms with Gasteiger partial charge < -0.3 is 10.8 Å². The molecule has 18 heavy (non-hydrogen) atoms. The highest BCUT2D eigenvalue weighted by molar-refractivity contribution is 7.89. The molecular weight excluding hydrogens is 252 g/mol. The Kier molecular flexibility index (Phi) is 5.13. The second kappa shape index (κ2) is 6.17. The molecule has 102 valence electrons. The van der Waals surface area contributed by atoms with Crippen molar-refractivity contribution in [1.29, 1.82) is 0 Å². The van der Waals surface area contributed by atoms with E-state index in [1.54, 1.807) is 6.07 Å². The Balaban J connectivity index is 2.77. The normalized spacial score (nSPS) is 13.5. The van der Waals surface area contributed by atoms with E-state index in [0.717, 1.165) is 5.56 Å². The molecular formula is C12H20N2O3S. The Hall–Kier alpha value is -1.11. The minimum Gasteiger partial charge on any atom is -0.398 e. The topological polar surface area (TPSA) is 92.4 Å². The molecule has 0 aliphatic rings. The van der Waals surface area contributed by atoms with Crippen molar-refractivity contribution >= 4 is 15.7 Å². The Labute approximate surface area is 108 Å². The minimum absolute atomic E-state index is 0.0559. The molecule has 5 nitrogen and oxygen atoms in total. The lowest BCUT2D eigenvalue weighted by Gasteiger charge is -2.12. The van der Waals surface area contributed by atoms with E-state index in [-0.39, 0.29) is 17.4 Å².